The van der Waals surface area contributed by atoms with Crippen LogP contribution in [0.4, 0.5) is 4.79 Å². The van der Waals surface area contributed by atoms with Crippen LogP contribution in [-0.2, 0) is 9.59 Å². The fraction of sp³-hybridized carbons (Fsp3) is 0.545. The molecule has 0 spiro atoms. The lowest BCUT2D eigenvalue weighted by atomic mass is 9.70. The van der Waals surface area contributed by atoms with Crippen LogP contribution in [0.5, 0.6) is 0 Å². The van der Waals surface area contributed by atoms with Gasteiger partial charge in [-0.25, -0.2) is 4.79 Å². The summed E-state index contributed by atoms with van der Waals surface area (Å²) in [5.41, 5.74) is -1.49. The predicted octanol–water partition coefficient (Wildman–Crippen LogP) is 1.35. The van der Waals surface area contributed by atoms with Crippen molar-refractivity contribution in [3.63, 3.8) is 0 Å². The number of hydrogen-bond acceptors (Lipinski definition) is 5. The van der Waals surface area contributed by atoms with Gasteiger partial charge < -0.3 is 0 Å². The minimum Gasteiger partial charge on any atom is -0.275 e. The van der Waals surface area contributed by atoms with E-state index in [9.17, 15) is 19.3 Å². The van der Waals surface area contributed by atoms with Crippen molar-refractivity contribution in [3.05, 3.63) is 17.6 Å². The molecule has 0 bridgehead atoms. The van der Waals surface area contributed by atoms with Crippen molar-refractivity contribution in [2.24, 2.45) is 16.6 Å². The molecule has 0 aromatic carbocycles. The monoisotopic (exact) mass is 253 g/mol. The zero-order valence-corrected chi connectivity index (χ0v) is 10.3. The zero-order valence-electron chi connectivity index (χ0n) is 10.3. The van der Waals surface area contributed by atoms with E-state index >= 15 is 0 Å². The number of nitroso groups, excluding NO2 is 1. The van der Waals surface area contributed by atoms with Crippen LogP contribution in [0.1, 0.15) is 26.7 Å². The van der Waals surface area contributed by atoms with Crippen LogP contribution in [0.25, 0.3) is 0 Å². The summed E-state index contributed by atoms with van der Waals surface area (Å²) in [6.07, 6.45) is 2.00. The Morgan fingerprint density at radius 1 is 1.50 bits per heavy atom. The average molecular weight is 253 g/mol. The molecule has 7 heteroatoms. The summed E-state index contributed by atoms with van der Waals surface area (Å²) >= 11 is 0. The molecule has 0 aromatic heterocycles. The number of amides is 4. The second-order valence-corrected chi connectivity index (χ2v) is 4.23. The van der Waals surface area contributed by atoms with Gasteiger partial charge in [-0.05, 0) is 12.3 Å². The van der Waals surface area contributed by atoms with E-state index in [-0.39, 0.29) is 17.3 Å². The smallest absolute Gasteiger partial charge is 0.275 e. The molecule has 1 heterocycles. The molecule has 1 saturated heterocycles. The Hall–Kier alpha value is -2.05. The van der Waals surface area contributed by atoms with Crippen LogP contribution in [0, 0.1) is 16.2 Å². The zero-order chi connectivity index (χ0) is 13.9. The molecule has 18 heavy (non-hydrogen) atoms. The first-order valence-corrected chi connectivity index (χ1v) is 5.59. The minimum atomic E-state index is -1.49. The van der Waals surface area contributed by atoms with Crippen molar-refractivity contribution in [2.75, 3.05) is 0 Å². The van der Waals surface area contributed by atoms with E-state index in [1.54, 1.807) is 6.92 Å². The molecule has 4 amide bonds. The van der Waals surface area contributed by atoms with Crippen molar-refractivity contribution in [3.8, 4) is 0 Å². The Labute approximate surface area is 104 Å². The van der Waals surface area contributed by atoms with E-state index in [4.69, 9.17) is 0 Å². The van der Waals surface area contributed by atoms with Gasteiger partial charge in [0.15, 0.2) is 0 Å². The summed E-state index contributed by atoms with van der Waals surface area (Å²) in [5, 5.41) is 4.52. The number of carbonyl (C=O) groups is 3. The molecule has 7 nitrogen and oxygen atoms in total. The topological polar surface area (TPSA) is 95.9 Å². The van der Waals surface area contributed by atoms with Gasteiger partial charge in [0.1, 0.15) is 5.41 Å². The van der Waals surface area contributed by atoms with E-state index in [0.717, 1.165) is 0 Å². The number of hydrogen-bond donors (Lipinski definition) is 1. The van der Waals surface area contributed by atoms with Gasteiger partial charge in [0.2, 0.25) is 5.91 Å². The molecule has 0 radical (unpaired) electrons. The van der Waals surface area contributed by atoms with Gasteiger partial charge in [0, 0.05) is 0 Å². The molecule has 1 rings (SSSR count). The van der Waals surface area contributed by atoms with Crippen molar-refractivity contribution < 1.29 is 14.4 Å². The van der Waals surface area contributed by atoms with Gasteiger partial charge in [-0.3, -0.25) is 14.9 Å². The minimum absolute atomic E-state index is 0.0476. The maximum Gasteiger partial charge on any atom is 0.354 e. The third kappa shape index (κ3) is 1.81. The highest BCUT2D eigenvalue weighted by molar-refractivity contribution is 6.19. The number of nitrogens with zero attached hydrogens (tertiary/aromatic N) is 2. The van der Waals surface area contributed by atoms with Crippen LogP contribution < -0.4 is 5.32 Å². The second kappa shape index (κ2) is 5.07. The van der Waals surface area contributed by atoms with Gasteiger partial charge >= 0.3 is 6.03 Å². The standard InChI is InChI=1S/C11H15N3O4/c1-4-6-11(7(3)5-2)8(15)12-10(17)14(13-18)9(11)16/h4,7H,1,5-6H2,2-3H3,(H,12,15,17). The lowest BCUT2D eigenvalue weighted by Crippen LogP contribution is -2.64. The van der Waals surface area contributed by atoms with Gasteiger partial charge in [-0.15, -0.1) is 16.5 Å². The van der Waals surface area contributed by atoms with Crippen LogP contribution in [0.2, 0.25) is 0 Å². The normalized spacial score (nSPS) is 25.7. The van der Waals surface area contributed by atoms with Gasteiger partial charge in [-0.1, -0.05) is 26.3 Å². The van der Waals surface area contributed by atoms with E-state index < -0.39 is 23.3 Å². The van der Waals surface area contributed by atoms with E-state index in [0.29, 0.717) is 6.42 Å². The van der Waals surface area contributed by atoms with E-state index in [2.05, 4.69) is 11.9 Å². The Morgan fingerprint density at radius 2 is 2.11 bits per heavy atom. The molecule has 0 aliphatic carbocycles. The summed E-state index contributed by atoms with van der Waals surface area (Å²) in [6.45, 7) is 7.03. The number of barbiturate groups is 1. The number of urea groups is 1. The number of carbonyl (C=O) groups excluding carboxylic acids is 3. The summed E-state index contributed by atoms with van der Waals surface area (Å²) in [6, 6.07) is -1.11. The quantitative estimate of drug-likeness (QED) is 0.454. The molecule has 0 saturated carbocycles. The fourth-order valence-corrected chi connectivity index (χ4v) is 2.11. The first-order valence-electron chi connectivity index (χ1n) is 5.59. The van der Waals surface area contributed by atoms with Crippen molar-refractivity contribution >= 4 is 17.8 Å². The lowest BCUT2D eigenvalue weighted by molar-refractivity contribution is -0.155. The van der Waals surface area contributed by atoms with E-state index in [1.807, 2.05) is 12.2 Å². The van der Waals surface area contributed by atoms with Crippen LogP contribution in [-0.4, -0.2) is 22.9 Å². The highest BCUT2D eigenvalue weighted by Crippen LogP contribution is 2.39. The maximum absolute atomic E-state index is 12.2. The lowest BCUT2D eigenvalue weighted by Gasteiger charge is -2.39. The fourth-order valence-electron chi connectivity index (χ4n) is 2.11. The molecular formula is C11H15N3O4. The largest absolute Gasteiger partial charge is 0.354 e. The Kier molecular flexibility index (Phi) is 3.95. The molecule has 98 valence electrons. The molecule has 1 N–H and O–H groups in total. The average Bonchev–Trinajstić information content (AvgIpc) is 2.34. The Balaban J connectivity index is 3.33. The molecular weight excluding hydrogens is 238 g/mol. The van der Waals surface area contributed by atoms with Crippen LogP contribution in [0.15, 0.2) is 17.9 Å². The number of imide groups is 2. The summed E-state index contributed by atoms with van der Waals surface area (Å²) in [4.78, 5) is 46.1. The SMILES string of the molecule is C=CCC1(C(C)CC)C(=O)NC(=O)N(N=O)C1=O. The number of allylic oxidation sites excluding steroid dienone is 1. The van der Waals surface area contributed by atoms with Crippen LogP contribution >= 0.6 is 0 Å². The summed E-state index contributed by atoms with van der Waals surface area (Å²) in [5.74, 6) is -1.94. The van der Waals surface area contributed by atoms with Gasteiger partial charge in [0.05, 0.1) is 5.29 Å². The molecule has 1 fully saturated rings. The van der Waals surface area contributed by atoms with Crippen molar-refractivity contribution in [2.45, 2.75) is 26.7 Å². The molecule has 1 aliphatic heterocycles. The third-order valence-electron chi connectivity index (χ3n) is 3.39. The highest BCUT2D eigenvalue weighted by atomic mass is 16.3. The number of rotatable bonds is 5. The first kappa shape index (κ1) is 14.0. The Bertz CT molecular complexity index is 421. The van der Waals surface area contributed by atoms with Gasteiger partial charge in [-0.2, -0.15) is 0 Å². The van der Waals surface area contributed by atoms with Crippen LogP contribution in [0.3, 0.4) is 0 Å². The highest BCUT2D eigenvalue weighted by Gasteiger charge is 2.56. The second-order valence-electron chi connectivity index (χ2n) is 4.23. The van der Waals surface area contributed by atoms with Crippen molar-refractivity contribution in [1.82, 2.24) is 10.3 Å². The van der Waals surface area contributed by atoms with Gasteiger partial charge in [0.25, 0.3) is 5.91 Å². The Morgan fingerprint density at radius 3 is 2.56 bits per heavy atom. The molecule has 0 aromatic rings. The third-order valence-corrected chi connectivity index (χ3v) is 3.39. The maximum atomic E-state index is 12.2. The first-order chi connectivity index (χ1) is 8.45. The summed E-state index contributed by atoms with van der Waals surface area (Å²) < 4.78 is 0. The molecule has 2 unspecified atom stereocenters. The summed E-state index contributed by atoms with van der Waals surface area (Å²) in [7, 11) is 0. The number of nitrogens with one attached hydrogen (secondary N) is 1. The predicted molar refractivity (Wildman–Crippen MR) is 62.9 cm³/mol. The van der Waals surface area contributed by atoms with Crippen molar-refractivity contribution in [1.29, 1.82) is 0 Å². The molecule has 2 atom stereocenters. The van der Waals surface area contributed by atoms with E-state index in [1.165, 1.54) is 6.08 Å². The molecule has 1 aliphatic rings.